The predicted octanol–water partition coefficient (Wildman–Crippen LogP) is 3.79. The third kappa shape index (κ3) is 4.60. The zero-order valence-corrected chi connectivity index (χ0v) is 13.7. The minimum absolute atomic E-state index is 0.230. The summed E-state index contributed by atoms with van der Waals surface area (Å²) in [4.78, 5) is 12.2. The molecule has 0 saturated heterocycles. The van der Waals surface area contributed by atoms with E-state index in [2.05, 4.69) is 20.8 Å². The third-order valence-corrected chi connectivity index (χ3v) is 3.56. The number of halogens is 1. The Hall–Kier alpha value is -3.28. The highest BCUT2D eigenvalue weighted by atomic mass is 19.1. The molecular weight excluding hydrogens is 319 g/mol. The molecule has 126 valence electrons. The molecule has 2 N–H and O–H groups in total. The molecule has 2 aromatic carbocycles. The number of benzene rings is 2. The van der Waals surface area contributed by atoms with Gasteiger partial charge in [0, 0.05) is 12.2 Å². The Morgan fingerprint density at radius 1 is 1.04 bits per heavy atom. The summed E-state index contributed by atoms with van der Waals surface area (Å²) >= 11 is 0. The van der Waals surface area contributed by atoms with Crippen molar-refractivity contribution in [2.75, 3.05) is 10.6 Å². The Morgan fingerprint density at radius 2 is 1.84 bits per heavy atom. The van der Waals surface area contributed by atoms with Crippen molar-refractivity contribution in [2.24, 2.45) is 0 Å². The fourth-order valence-electron chi connectivity index (χ4n) is 2.26. The summed E-state index contributed by atoms with van der Waals surface area (Å²) in [5, 5.41) is 13.8. The van der Waals surface area contributed by atoms with Crippen molar-refractivity contribution in [1.82, 2.24) is 10.2 Å². The second-order valence-electron chi connectivity index (χ2n) is 5.61. The van der Waals surface area contributed by atoms with Gasteiger partial charge in [-0.3, -0.25) is 4.79 Å². The first kappa shape index (κ1) is 16.6. The Kier molecular flexibility index (Phi) is 4.99. The van der Waals surface area contributed by atoms with Gasteiger partial charge in [0.05, 0.1) is 0 Å². The molecule has 25 heavy (non-hydrogen) atoms. The van der Waals surface area contributed by atoms with Gasteiger partial charge in [-0.1, -0.05) is 24.3 Å². The van der Waals surface area contributed by atoms with Crippen LogP contribution in [0.15, 0.2) is 60.7 Å². The highest BCUT2D eigenvalue weighted by molar-refractivity contribution is 6.02. The maximum atomic E-state index is 12.9. The van der Waals surface area contributed by atoms with E-state index >= 15 is 0 Å². The lowest BCUT2D eigenvalue weighted by molar-refractivity contribution is 0.102. The van der Waals surface area contributed by atoms with Gasteiger partial charge in [-0.15, -0.1) is 10.2 Å². The first-order valence-corrected chi connectivity index (χ1v) is 7.80. The average molecular weight is 336 g/mol. The smallest absolute Gasteiger partial charge is 0.276 e. The minimum atomic E-state index is -0.316. The number of carbonyl (C=O) groups is 1. The lowest BCUT2D eigenvalue weighted by Crippen LogP contribution is -2.15. The summed E-state index contributed by atoms with van der Waals surface area (Å²) in [6.45, 7) is 2.45. The van der Waals surface area contributed by atoms with E-state index in [4.69, 9.17) is 0 Å². The third-order valence-electron chi connectivity index (χ3n) is 3.56. The molecule has 0 fully saturated rings. The van der Waals surface area contributed by atoms with E-state index in [9.17, 15) is 9.18 Å². The Morgan fingerprint density at radius 3 is 2.52 bits per heavy atom. The fraction of sp³-hybridized carbons (Fsp3) is 0.105. The van der Waals surface area contributed by atoms with E-state index in [0.717, 1.165) is 11.1 Å². The second-order valence-corrected chi connectivity index (χ2v) is 5.61. The fourth-order valence-corrected chi connectivity index (χ4v) is 2.26. The van der Waals surface area contributed by atoms with Gasteiger partial charge in [0.1, 0.15) is 11.6 Å². The largest absolute Gasteiger partial charge is 0.365 e. The summed E-state index contributed by atoms with van der Waals surface area (Å²) in [5.74, 6) is -0.0490. The molecule has 1 heterocycles. The van der Waals surface area contributed by atoms with E-state index in [1.54, 1.807) is 24.3 Å². The number of aromatic nitrogens is 2. The topological polar surface area (TPSA) is 66.9 Å². The van der Waals surface area contributed by atoms with Crippen LogP contribution in [0.4, 0.5) is 15.9 Å². The van der Waals surface area contributed by atoms with Crippen molar-refractivity contribution in [3.8, 4) is 0 Å². The van der Waals surface area contributed by atoms with Gasteiger partial charge in [-0.25, -0.2) is 4.39 Å². The van der Waals surface area contributed by atoms with E-state index in [-0.39, 0.29) is 17.4 Å². The van der Waals surface area contributed by atoms with Crippen LogP contribution in [-0.4, -0.2) is 16.1 Å². The van der Waals surface area contributed by atoms with Crippen LogP contribution in [0.2, 0.25) is 0 Å². The van der Waals surface area contributed by atoms with Gasteiger partial charge >= 0.3 is 0 Å². The van der Waals surface area contributed by atoms with Crippen LogP contribution >= 0.6 is 0 Å². The molecule has 3 aromatic rings. The van der Waals surface area contributed by atoms with E-state index in [0.29, 0.717) is 18.1 Å². The van der Waals surface area contributed by atoms with E-state index in [1.165, 1.54) is 12.1 Å². The molecule has 0 saturated carbocycles. The minimum Gasteiger partial charge on any atom is -0.365 e. The maximum Gasteiger partial charge on any atom is 0.276 e. The molecule has 0 unspecified atom stereocenters. The number of aryl methyl sites for hydroxylation is 1. The maximum absolute atomic E-state index is 12.9. The van der Waals surface area contributed by atoms with Crippen LogP contribution in [0.5, 0.6) is 0 Å². The molecule has 0 aliphatic carbocycles. The molecule has 0 aliphatic rings. The average Bonchev–Trinajstić information content (AvgIpc) is 2.62. The quantitative estimate of drug-likeness (QED) is 0.744. The number of hydrogen-bond donors (Lipinski definition) is 2. The number of hydrogen-bond acceptors (Lipinski definition) is 4. The highest BCUT2D eigenvalue weighted by Gasteiger charge is 2.08. The number of carbonyl (C=O) groups excluding carboxylic acids is 1. The monoisotopic (exact) mass is 336 g/mol. The first-order chi connectivity index (χ1) is 12.1. The van der Waals surface area contributed by atoms with Crippen molar-refractivity contribution in [3.63, 3.8) is 0 Å². The molecule has 3 rings (SSSR count). The number of amides is 1. The Balaban J connectivity index is 1.59. The normalized spacial score (nSPS) is 10.3. The molecule has 0 spiro atoms. The SMILES string of the molecule is Cc1cccc(NC(=O)c2ccc(NCc3ccc(F)cc3)nn2)c1. The number of nitrogens with one attached hydrogen (secondary N) is 2. The Bertz CT molecular complexity index is 863. The molecule has 0 aliphatic heterocycles. The van der Waals surface area contributed by atoms with Crippen LogP contribution in [0.25, 0.3) is 0 Å². The molecule has 1 aromatic heterocycles. The molecule has 0 radical (unpaired) electrons. The van der Waals surface area contributed by atoms with Gasteiger partial charge in [-0.05, 0) is 54.4 Å². The van der Waals surface area contributed by atoms with Crippen molar-refractivity contribution in [3.05, 3.63) is 83.3 Å². The van der Waals surface area contributed by atoms with Crippen molar-refractivity contribution in [2.45, 2.75) is 13.5 Å². The second kappa shape index (κ2) is 7.53. The zero-order valence-electron chi connectivity index (χ0n) is 13.7. The molecule has 0 bridgehead atoms. The standard InChI is InChI=1S/C19H17FN4O/c1-13-3-2-4-16(11-13)22-19(25)17-9-10-18(24-23-17)21-12-14-5-7-15(20)8-6-14/h2-11H,12H2,1H3,(H,21,24)(H,22,25). The van der Waals surface area contributed by atoms with Crippen molar-refractivity contribution in [1.29, 1.82) is 0 Å². The molecule has 5 nitrogen and oxygen atoms in total. The van der Waals surface area contributed by atoms with E-state index < -0.39 is 0 Å². The Labute approximate surface area is 144 Å². The first-order valence-electron chi connectivity index (χ1n) is 7.80. The van der Waals surface area contributed by atoms with Crippen LogP contribution in [0, 0.1) is 12.7 Å². The van der Waals surface area contributed by atoms with Crippen molar-refractivity contribution < 1.29 is 9.18 Å². The number of rotatable bonds is 5. The lowest BCUT2D eigenvalue weighted by Gasteiger charge is -2.07. The summed E-state index contributed by atoms with van der Waals surface area (Å²) in [5.41, 5.74) is 2.92. The van der Waals surface area contributed by atoms with Crippen molar-refractivity contribution >= 4 is 17.4 Å². The van der Waals surface area contributed by atoms with E-state index in [1.807, 2.05) is 31.2 Å². The summed E-state index contributed by atoms with van der Waals surface area (Å²) < 4.78 is 12.9. The number of nitrogens with zero attached hydrogens (tertiary/aromatic N) is 2. The lowest BCUT2D eigenvalue weighted by atomic mass is 10.2. The summed E-state index contributed by atoms with van der Waals surface area (Å²) in [7, 11) is 0. The molecule has 1 amide bonds. The van der Waals surface area contributed by atoms with Gasteiger partial charge < -0.3 is 10.6 Å². The summed E-state index contributed by atoms with van der Waals surface area (Å²) in [6, 6.07) is 17.0. The predicted molar refractivity (Wildman–Crippen MR) is 94.9 cm³/mol. The highest BCUT2D eigenvalue weighted by Crippen LogP contribution is 2.12. The van der Waals surface area contributed by atoms with Gasteiger partial charge in [0.2, 0.25) is 0 Å². The molecule has 0 atom stereocenters. The molecular formula is C19H17FN4O. The van der Waals surface area contributed by atoms with Gasteiger partial charge in [0.15, 0.2) is 5.69 Å². The van der Waals surface area contributed by atoms with Gasteiger partial charge in [-0.2, -0.15) is 0 Å². The van der Waals surface area contributed by atoms with Gasteiger partial charge in [0.25, 0.3) is 5.91 Å². The van der Waals surface area contributed by atoms with Crippen LogP contribution in [-0.2, 0) is 6.54 Å². The number of anilines is 2. The summed E-state index contributed by atoms with van der Waals surface area (Å²) in [6.07, 6.45) is 0. The van der Waals surface area contributed by atoms with Crippen LogP contribution in [0.3, 0.4) is 0 Å². The molecule has 6 heteroatoms. The van der Waals surface area contributed by atoms with Crippen LogP contribution in [0.1, 0.15) is 21.6 Å². The zero-order chi connectivity index (χ0) is 17.6. The van der Waals surface area contributed by atoms with Crippen LogP contribution < -0.4 is 10.6 Å².